The minimum Gasteiger partial charge on any atom is -0.469 e. The summed E-state index contributed by atoms with van der Waals surface area (Å²) in [6.07, 6.45) is -0.109. The average Bonchev–Trinajstić information content (AvgIpc) is 2.88. The number of ether oxygens (including phenoxy) is 3. The second kappa shape index (κ2) is 5.70. The lowest BCUT2D eigenvalue weighted by Crippen LogP contribution is -2.45. The molecule has 7 nitrogen and oxygen atoms in total. The number of methoxy groups -OCH3 is 1. The molecule has 2 fully saturated rings. The predicted molar refractivity (Wildman–Crippen MR) is 72.2 cm³/mol. The monoisotopic (exact) mass is 312 g/mol. The van der Waals surface area contributed by atoms with Gasteiger partial charge in [-0.05, 0) is 6.92 Å². The fourth-order valence-electron chi connectivity index (χ4n) is 3.37. The molecule has 0 aromatic carbocycles. The van der Waals surface area contributed by atoms with Crippen molar-refractivity contribution >= 4 is 23.9 Å². The molecule has 0 N–H and O–H groups in total. The number of carbonyl (C=O) groups is 4. The van der Waals surface area contributed by atoms with Gasteiger partial charge in [-0.3, -0.25) is 19.2 Å². The van der Waals surface area contributed by atoms with Gasteiger partial charge in [0, 0.05) is 12.3 Å². The fourth-order valence-corrected chi connectivity index (χ4v) is 3.37. The number of hydrogen-bond donors (Lipinski definition) is 0. The fraction of sp³-hybridized carbons (Fsp3) is 0.733. The van der Waals surface area contributed by atoms with Crippen LogP contribution in [0.3, 0.4) is 0 Å². The Bertz CT molecular complexity index is 526. The molecular weight excluding hydrogens is 292 g/mol. The Hall–Kier alpha value is -1.92. The van der Waals surface area contributed by atoms with Crippen molar-refractivity contribution in [2.75, 3.05) is 7.11 Å². The van der Waals surface area contributed by atoms with Crippen LogP contribution < -0.4 is 0 Å². The van der Waals surface area contributed by atoms with Crippen molar-refractivity contribution in [3.8, 4) is 0 Å². The Morgan fingerprint density at radius 2 is 1.91 bits per heavy atom. The molecule has 5 atom stereocenters. The van der Waals surface area contributed by atoms with Crippen LogP contribution >= 0.6 is 0 Å². The zero-order valence-electron chi connectivity index (χ0n) is 13.1. The van der Waals surface area contributed by atoms with Crippen molar-refractivity contribution in [3.05, 3.63) is 0 Å². The summed E-state index contributed by atoms with van der Waals surface area (Å²) >= 11 is 0. The largest absolute Gasteiger partial charge is 0.469 e. The van der Waals surface area contributed by atoms with Crippen molar-refractivity contribution in [2.24, 2.45) is 23.2 Å². The summed E-state index contributed by atoms with van der Waals surface area (Å²) in [4.78, 5) is 47.4. The van der Waals surface area contributed by atoms with Gasteiger partial charge in [-0.25, -0.2) is 0 Å². The third kappa shape index (κ3) is 2.60. The van der Waals surface area contributed by atoms with Crippen LogP contribution in [-0.4, -0.2) is 37.1 Å². The van der Waals surface area contributed by atoms with Crippen LogP contribution in [0, 0.1) is 23.2 Å². The quantitative estimate of drug-likeness (QED) is 0.431. The number of carbonyl (C=O) groups excluding carboxylic acids is 4. The topological polar surface area (TPSA) is 96.0 Å². The summed E-state index contributed by atoms with van der Waals surface area (Å²) in [6.45, 7) is 4.94. The molecule has 7 heteroatoms. The maximum atomic E-state index is 12.3. The van der Waals surface area contributed by atoms with Crippen LogP contribution in [0.1, 0.15) is 33.6 Å². The van der Waals surface area contributed by atoms with E-state index in [1.807, 2.05) is 6.92 Å². The van der Waals surface area contributed by atoms with Gasteiger partial charge in [-0.15, -0.1) is 0 Å². The third-order valence-electron chi connectivity index (χ3n) is 4.70. The molecule has 2 rings (SSSR count). The van der Waals surface area contributed by atoms with E-state index in [1.165, 1.54) is 7.11 Å². The van der Waals surface area contributed by atoms with Crippen molar-refractivity contribution in [3.63, 3.8) is 0 Å². The van der Waals surface area contributed by atoms with Gasteiger partial charge in [0.25, 0.3) is 0 Å². The number of esters is 4. The highest BCUT2D eigenvalue weighted by atomic mass is 16.6. The molecule has 5 unspecified atom stereocenters. The summed E-state index contributed by atoms with van der Waals surface area (Å²) in [6, 6.07) is 0. The van der Waals surface area contributed by atoms with Gasteiger partial charge in [0.2, 0.25) is 0 Å². The van der Waals surface area contributed by atoms with Gasteiger partial charge >= 0.3 is 23.9 Å². The number of rotatable bonds is 4. The molecule has 0 radical (unpaired) electrons. The lowest BCUT2D eigenvalue weighted by atomic mass is 9.68. The van der Waals surface area contributed by atoms with Crippen LogP contribution in [0.5, 0.6) is 0 Å². The van der Waals surface area contributed by atoms with Gasteiger partial charge in [0.05, 0.1) is 30.8 Å². The first kappa shape index (κ1) is 16.5. The Labute approximate surface area is 128 Å². The average molecular weight is 312 g/mol. The maximum Gasteiger partial charge on any atom is 0.318 e. The summed E-state index contributed by atoms with van der Waals surface area (Å²) in [5.74, 6) is -4.10. The Morgan fingerprint density at radius 1 is 1.27 bits per heavy atom. The SMILES string of the molecule is COC(=O)C(C)(CC1OC(=O)CC1C)C1C(=O)OC(=O)C1C. The summed E-state index contributed by atoms with van der Waals surface area (Å²) in [7, 11) is 1.22. The molecule has 2 saturated heterocycles. The molecule has 0 aromatic heterocycles. The van der Waals surface area contributed by atoms with Crippen LogP contribution in [0.25, 0.3) is 0 Å². The summed E-state index contributed by atoms with van der Waals surface area (Å²) < 4.78 is 14.7. The highest BCUT2D eigenvalue weighted by Crippen LogP contribution is 2.45. The van der Waals surface area contributed by atoms with Gasteiger partial charge in [-0.2, -0.15) is 0 Å². The molecule has 0 bridgehead atoms. The summed E-state index contributed by atoms with van der Waals surface area (Å²) in [5, 5.41) is 0. The number of hydrogen-bond acceptors (Lipinski definition) is 7. The molecule has 0 aliphatic carbocycles. The smallest absolute Gasteiger partial charge is 0.318 e. The van der Waals surface area contributed by atoms with Crippen LogP contribution in [0.2, 0.25) is 0 Å². The number of cyclic esters (lactones) is 3. The van der Waals surface area contributed by atoms with E-state index in [9.17, 15) is 19.2 Å². The molecule has 22 heavy (non-hydrogen) atoms. The van der Waals surface area contributed by atoms with Gasteiger partial charge < -0.3 is 14.2 Å². The second-order valence-electron chi connectivity index (χ2n) is 6.33. The maximum absolute atomic E-state index is 12.3. The van der Waals surface area contributed by atoms with E-state index in [0.717, 1.165) is 0 Å². The van der Waals surface area contributed by atoms with E-state index in [4.69, 9.17) is 9.47 Å². The zero-order valence-corrected chi connectivity index (χ0v) is 13.1. The first-order valence-corrected chi connectivity index (χ1v) is 7.24. The normalized spacial score (nSPS) is 34.1. The molecule has 2 aliphatic rings. The first-order valence-electron chi connectivity index (χ1n) is 7.24. The van der Waals surface area contributed by atoms with E-state index in [2.05, 4.69) is 4.74 Å². The van der Waals surface area contributed by atoms with Crippen molar-refractivity contribution in [1.82, 2.24) is 0 Å². The van der Waals surface area contributed by atoms with Crippen molar-refractivity contribution < 1.29 is 33.4 Å². The molecular formula is C15H20O7. The van der Waals surface area contributed by atoms with Crippen LogP contribution in [0.15, 0.2) is 0 Å². The van der Waals surface area contributed by atoms with E-state index in [0.29, 0.717) is 0 Å². The van der Waals surface area contributed by atoms with Gasteiger partial charge in [-0.1, -0.05) is 13.8 Å². The van der Waals surface area contributed by atoms with Crippen LogP contribution in [-0.2, 0) is 33.4 Å². The van der Waals surface area contributed by atoms with E-state index >= 15 is 0 Å². The predicted octanol–water partition coefficient (Wildman–Crippen LogP) is 0.843. The lowest BCUT2D eigenvalue weighted by Gasteiger charge is -2.34. The molecule has 0 spiro atoms. The minimum absolute atomic E-state index is 0.0695. The van der Waals surface area contributed by atoms with E-state index in [1.54, 1.807) is 13.8 Å². The Kier molecular flexibility index (Phi) is 4.26. The van der Waals surface area contributed by atoms with Crippen molar-refractivity contribution in [2.45, 2.75) is 39.7 Å². The van der Waals surface area contributed by atoms with Gasteiger partial charge in [0.1, 0.15) is 6.10 Å². The molecule has 2 heterocycles. The van der Waals surface area contributed by atoms with Crippen molar-refractivity contribution in [1.29, 1.82) is 0 Å². The molecule has 0 amide bonds. The Balaban J connectivity index is 2.32. The highest BCUT2D eigenvalue weighted by molar-refractivity contribution is 5.99. The molecule has 2 aliphatic heterocycles. The van der Waals surface area contributed by atoms with Crippen LogP contribution in [0.4, 0.5) is 0 Å². The second-order valence-corrected chi connectivity index (χ2v) is 6.33. The standard InChI is InChI=1S/C15H20O7/c1-7-5-10(16)21-9(7)6-15(3,14(19)20-4)11-8(2)12(17)22-13(11)18/h7-9,11H,5-6H2,1-4H3. The van der Waals surface area contributed by atoms with Gasteiger partial charge in [0.15, 0.2) is 0 Å². The Morgan fingerprint density at radius 3 is 2.32 bits per heavy atom. The first-order chi connectivity index (χ1) is 10.2. The highest BCUT2D eigenvalue weighted by Gasteiger charge is 2.57. The lowest BCUT2D eigenvalue weighted by molar-refractivity contribution is -0.166. The van der Waals surface area contributed by atoms with E-state index < -0.39 is 41.3 Å². The molecule has 122 valence electrons. The third-order valence-corrected chi connectivity index (χ3v) is 4.70. The molecule has 0 saturated carbocycles. The van der Waals surface area contributed by atoms with E-state index in [-0.39, 0.29) is 24.7 Å². The molecule has 0 aromatic rings. The zero-order chi connectivity index (χ0) is 16.7. The minimum atomic E-state index is -1.29. The summed E-state index contributed by atoms with van der Waals surface area (Å²) in [5.41, 5.74) is -1.29.